The van der Waals surface area contributed by atoms with E-state index in [0.29, 0.717) is 0 Å². The third kappa shape index (κ3) is 42.1. The first-order valence-corrected chi connectivity index (χ1v) is 23.1. The van der Waals surface area contributed by atoms with Crippen LogP contribution in [0.2, 0.25) is 0 Å². The lowest BCUT2D eigenvalue weighted by molar-refractivity contribution is 0.404. The summed E-state index contributed by atoms with van der Waals surface area (Å²) in [4.78, 5) is 0. The van der Waals surface area contributed by atoms with Crippen LogP contribution in [0.1, 0.15) is 290 Å². The van der Waals surface area contributed by atoms with Crippen LogP contribution in [0.5, 0.6) is 0 Å². The Bertz CT molecular complexity index is 508. The number of hydrogen-bond acceptors (Lipinski definition) is 0. The Balaban J connectivity index is 3.23. The summed E-state index contributed by atoms with van der Waals surface area (Å²) in [5.74, 6) is 0.904. The molecule has 0 heteroatoms. The van der Waals surface area contributed by atoms with Gasteiger partial charge in [-0.25, -0.2) is 0 Å². The average molecular weight is 660 g/mol. The van der Waals surface area contributed by atoms with Gasteiger partial charge in [-0.15, -0.1) is 0 Å². The third-order valence-corrected chi connectivity index (χ3v) is 11.3. The van der Waals surface area contributed by atoms with Crippen molar-refractivity contribution in [3.8, 4) is 0 Å². The molecule has 1 unspecified atom stereocenters. The molecule has 0 aromatic heterocycles. The lowest BCUT2D eigenvalue weighted by Gasteiger charge is -2.14. The van der Waals surface area contributed by atoms with Crippen molar-refractivity contribution in [2.24, 2.45) is 5.92 Å². The molecule has 0 saturated carbocycles. The highest BCUT2D eigenvalue weighted by Gasteiger charge is 2.06. The van der Waals surface area contributed by atoms with Gasteiger partial charge in [-0.1, -0.05) is 297 Å². The Hall–Kier alpha value is 0. The lowest BCUT2D eigenvalue weighted by Crippen LogP contribution is -1.99. The van der Waals surface area contributed by atoms with Gasteiger partial charge in [0.05, 0.1) is 0 Å². The molecule has 0 saturated heterocycles. The van der Waals surface area contributed by atoms with E-state index in [-0.39, 0.29) is 0 Å². The quantitative estimate of drug-likeness (QED) is 0.0571. The minimum absolute atomic E-state index is 0.904. The van der Waals surface area contributed by atoms with Gasteiger partial charge in [0.1, 0.15) is 0 Å². The second-order valence-corrected chi connectivity index (χ2v) is 16.2. The number of rotatable bonds is 43. The van der Waals surface area contributed by atoms with Gasteiger partial charge in [-0.3, -0.25) is 0 Å². The maximum Gasteiger partial charge on any atom is -0.0414 e. The second kappa shape index (κ2) is 44.0. The molecule has 0 amide bonds. The maximum atomic E-state index is 4.29. The van der Waals surface area contributed by atoms with Crippen molar-refractivity contribution in [1.29, 1.82) is 0 Å². The monoisotopic (exact) mass is 660 g/mol. The molecule has 0 rings (SSSR count). The van der Waals surface area contributed by atoms with Gasteiger partial charge in [0, 0.05) is 0 Å². The van der Waals surface area contributed by atoms with Gasteiger partial charge in [0.2, 0.25) is 0 Å². The topological polar surface area (TPSA) is 0 Å². The molecule has 0 fully saturated rings. The number of hydrogen-bond donors (Lipinski definition) is 0. The van der Waals surface area contributed by atoms with Gasteiger partial charge < -0.3 is 0 Å². The summed E-state index contributed by atoms with van der Waals surface area (Å²) in [5.41, 5.74) is 0. The minimum Gasteiger partial charge on any atom is -0.0654 e. The van der Waals surface area contributed by atoms with Crippen LogP contribution in [0, 0.1) is 12.8 Å². The van der Waals surface area contributed by atoms with Crippen LogP contribution >= 0.6 is 0 Å². The van der Waals surface area contributed by atoms with E-state index < -0.39 is 0 Å². The first-order valence-electron chi connectivity index (χ1n) is 23.1. The molecule has 0 nitrogen and oxygen atoms in total. The smallest absolute Gasteiger partial charge is 0.0414 e. The lowest BCUT2D eigenvalue weighted by atomic mass is 9.92. The fourth-order valence-corrected chi connectivity index (χ4v) is 7.81. The fraction of sp³-hybridized carbons (Fsp3) is 0.979. The summed E-state index contributed by atoms with van der Waals surface area (Å²) in [6.45, 7) is 8.91. The minimum atomic E-state index is 0.904. The second-order valence-electron chi connectivity index (χ2n) is 16.2. The molecule has 0 heterocycles. The maximum absolute atomic E-state index is 4.29. The normalized spacial score (nSPS) is 12.3. The van der Waals surface area contributed by atoms with Crippen LogP contribution in [0.25, 0.3) is 0 Å². The fourth-order valence-electron chi connectivity index (χ4n) is 7.81. The van der Waals surface area contributed by atoms with Crippen LogP contribution < -0.4 is 0 Å². The summed E-state index contributed by atoms with van der Waals surface area (Å²) < 4.78 is 0. The summed E-state index contributed by atoms with van der Waals surface area (Å²) in [5, 5.41) is 0. The highest BCUT2D eigenvalue weighted by atomic mass is 14.1. The van der Waals surface area contributed by atoms with E-state index in [1.54, 1.807) is 0 Å². The molecule has 0 aliphatic heterocycles. The highest BCUT2D eigenvalue weighted by molar-refractivity contribution is 4.62. The van der Waals surface area contributed by atoms with Crippen LogP contribution in [-0.2, 0) is 0 Å². The van der Waals surface area contributed by atoms with E-state index in [1.165, 1.54) is 270 Å². The highest BCUT2D eigenvalue weighted by Crippen LogP contribution is 2.22. The van der Waals surface area contributed by atoms with Gasteiger partial charge in [0.25, 0.3) is 0 Å². The molecule has 0 bridgehead atoms. The Kier molecular flexibility index (Phi) is 44.0. The van der Waals surface area contributed by atoms with Gasteiger partial charge in [-0.2, -0.15) is 0 Å². The zero-order valence-electron chi connectivity index (χ0n) is 33.7. The molecule has 0 aliphatic carbocycles. The van der Waals surface area contributed by atoms with Crippen LogP contribution in [0.15, 0.2) is 0 Å². The summed E-state index contributed by atoms with van der Waals surface area (Å²) in [6.07, 6.45) is 63.0. The van der Waals surface area contributed by atoms with E-state index in [9.17, 15) is 0 Å². The van der Waals surface area contributed by atoms with Crippen molar-refractivity contribution in [1.82, 2.24) is 0 Å². The molecule has 0 aliphatic rings. The number of unbranched alkanes of at least 4 members (excludes halogenated alkanes) is 38. The first-order chi connectivity index (χ1) is 23.3. The zero-order chi connectivity index (χ0) is 34.0. The van der Waals surface area contributed by atoms with Crippen molar-refractivity contribution >= 4 is 0 Å². The summed E-state index contributed by atoms with van der Waals surface area (Å²) in [6, 6.07) is 0. The van der Waals surface area contributed by atoms with Crippen LogP contribution in [0.4, 0.5) is 0 Å². The van der Waals surface area contributed by atoms with E-state index in [4.69, 9.17) is 0 Å². The standard InChI is InChI=1S/C47H95/c1-4-7-9-11-13-15-17-19-21-23-25-26-28-30-32-34-36-38-40-42-44-46-47(6-3)45-43-41-39-37-35-33-31-29-27-24-22-20-18-16-14-12-10-8-5-2/h47H,3-46H2,1-2H3. The molecular formula is C47H95. The molecular weight excluding hydrogens is 565 g/mol. The molecule has 0 aromatic carbocycles. The van der Waals surface area contributed by atoms with Crippen molar-refractivity contribution in [3.05, 3.63) is 6.92 Å². The van der Waals surface area contributed by atoms with Crippen molar-refractivity contribution in [3.63, 3.8) is 0 Å². The van der Waals surface area contributed by atoms with Gasteiger partial charge in [0.15, 0.2) is 0 Å². The van der Waals surface area contributed by atoms with Crippen molar-refractivity contribution in [2.45, 2.75) is 290 Å². The van der Waals surface area contributed by atoms with Gasteiger partial charge in [-0.05, 0) is 5.92 Å². The van der Waals surface area contributed by atoms with E-state index >= 15 is 0 Å². The molecule has 1 atom stereocenters. The average Bonchev–Trinajstić information content (AvgIpc) is 3.09. The molecule has 0 aromatic rings. The Morgan fingerprint density at radius 2 is 0.383 bits per heavy atom. The Morgan fingerprint density at radius 1 is 0.234 bits per heavy atom. The van der Waals surface area contributed by atoms with Crippen molar-refractivity contribution < 1.29 is 0 Å². The SMILES string of the molecule is [CH2]CC(CCCCCCCCCCCCCCCCCCCCC)CCCCCCCCCCCCCCCCCCCCCCC. The predicted molar refractivity (Wildman–Crippen MR) is 219 cm³/mol. The van der Waals surface area contributed by atoms with Crippen molar-refractivity contribution in [2.75, 3.05) is 0 Å². The Labute approximate surface area is 302 Å². The molecule has 1 radical (unpaired) electrons. The van der Waals surface area contributed by atoms with E-state index in [0.717, 1.165) is 12.3 Å². The first kappa shape index (κ1) is 47.0. The van der Waals surface area contributed by atoms with Crippen LogP contribution in [0.3, 0.4) is 0 Å². The van der Waals surface area contributed by atoms with Crippen LogP contribution in [-0.4, -0.2) is 0 Å². The Morgan fingerprint density at radius 3 is 0.532 bits per heavy atom. The van der Waals surface area contributed by atoms with E-state index in [1.807, 2.05) is 0 Å². The largest absolute Gasteiger partial charge is 0.0654 e. The summed E-state index contributed by atoms with van der Waals surface area (Å²) >= 11 is 0. The molecule has 283 valence electrons. The predicted octanol–water partition coefficient (Wildman–Crippen LogP) is 18.3. The molecule has 47 heavy (non-hydrogen) atoms. The van der Waals surface area contributed by atoms with E-state index in [2.05, 4.69) is 20.8 Å². The summed E-state index contributed by atoms with van der Waals surface area (Å²) in [7, 11) is 0. The zero-order valence-corrected chi connectivity index (χ0v) is 33.7. The van der Waals surface area contributed by atoms with Gasteiger partial charge >= 0.3 is 0 Å². The molecule has 0 spiro atoms. The third-order valence-electron chi connectivity index (χ3n) is 11.3. The molecule has 0 N–H and O–H groups in total.